The lowest BCUT2D eigenvalue weighted by Crippen LogP contribution is -2.06. The Morgan fingerprint density at radius 2 is 1.56 bits per heavy atom. The van der Waals surface area contributed by atoms with Crippen molar-refractivity contribution in [2.75, 3.05) is 5.32 Å². The second kappa shape index (κ2) is 8.62. The Balaban J connectivity index is 1.71. The number of nitriles is 1. The number of benzene rings is 2. The number of rotatable bonds is 5. The van der Waals surface area contributed by atoms with Gasteiger partial charge in [0.15, 0.2) is 11.5 Å². The maximum Gasteiger partial charge on any atom is 0.165 e. The van der Waals surface area contributed by atoms with Gasteiger partial charge < -0.3 is 5.32 Å². The van der Waals surface area contributed by atoms with E-state index in [1.165, 1.54) is 0 Å². The Hall–Kier alpha value is -4.63. The Kier molecular flexibility index (Phi) is 5.21. The molecule has 1 N–H and O–H groups in total. The number of nitrogens with zero attached hydrogens (tertiary/aromatic N) is 5. The van der Waals surface area contributed by atoms with E-state index in [2.05, 4.69) is 39.6 Å². The minimum absolute atomic E-state index is 0.293. The molecule has 2 aromatic carbocycles. The fourth-order valence-corrected chi connectivity index (χ4v) is 3.64. The van der Waals surface area contributed by atoms with Gasteiger partial charge in [-0.2, -0.15) is 5.26 Å². The molecule has 5 aromatic rings. The average Bonchev–Trinajstić information content (AvgIpc) is 2.87. The zero-order chi connectivity index (χ0) is 21.8. The van der Waals surface area contributed by atoms with Crippen LogP contribution in [0.4, 0.5) is 5.82 Å². The maximum absolute atomic E-state index is 9.52. The molecule has 0 spiro atoms. The highest BCUT2D eigenvalue weighted by molar-refractivity contribution is 6.02. The molecule has 0 unspecified atom stereocenters. The van der Waals surface area contributed by atoms with E-state index in [1.807, 2.05) is 54.6 Å². The van der Waals surface area contributed by atoms with E-state index in [1.54, 1.807) is 18.5 Å². The first kappa shape index (κ1) is 19.3. The number of fused-ring (bicyclic) bond motifs is 1. The number of anilines is 1. The van der Waals surface area contributed by atoms with E-state index in [-0.39, 0.29) is 0 Å². The Morgan fingerprint density at radius 1 is 0.750 bits per heavy atom. The van der Waals surface area contributed by atoms with Gasteiger partial charge in [-0.15, -0.1) is 0 Å². The minimum Gasteiger partial charge on any atom is -0.364 e. The molecule has 0 fully saturated rings. The quantitative estimate of drug-likeness (QED) is 0.423. The first-order valence-electron chi connectivity index (χ1n) is 10.2. The summed E-state index contributed by atoms with van der Waals surface area (Å²) in [5.41, 5.74) is 4.69. The van der Waals surface area contributed by atoms with Crippen molar-refractivity contribution in [2.45, 2.75) is 6.54 Å². The highest BCUT2D eigenvalue weighted by atomic mass is 15.0. The number of nitrogens with one attached hydrogen (secondary N) is 1. The van der Waals surface area contributed by atoms with Crippen LogP contribution in [0.25, 0.3) is 33.4 Å². The standard InChI is InChI=1S/C26H18N6/c27-16-23-21(12-7-15-29-23)25-31-22-13-6-11-20(18-8-2-1-3-9-18)24(22)26(32-25)30-17-19-10-4-5-14-28-19/h1-15H,17H2,(H,30,31,32). The largest absolute Gasteiger partial charge is 0.364 e. The third kappa shape index (κ3) is 3.75. The second-order valence-corrected chi connectivity index (χ2v) is 7.15. The summed E-state index contributed by atoms with van der Waals surface area (Å²) in [6.07, 6.45) is 3.36. The predicted octanol–water partition coefficient (Wildman–Crippen LogP) is 5.24. The lowest BCUT2D eigenvalue weighted by Gasteiger charge is -2.14. The third-order valence-corrected chi connectivity index (χ3v) is 5.13. The van der Waals surface area contributed by atoms with E-state index in [9.17, 15) is 5.26 Å². The van der Waals surface area contributed by atoms with E-state index in [4.69, 9.17) is 9.97 Å². The molecule has 6 heteroatoms. The molecule has 0 aliphatic carbocycles. The van der Waals surface area contributed by atoms with Crippen molar-refractivity contribution in [1.82, 2.24) is 19.9 Å². The van der Waals surface area contributed by atoms with Crippen molar-refractivity contribution < 1.29 is 0 Å². The molecular weight excluding hydrogens is 396 g/mol. The average molecular weight is 414 g/mol. The summed E-state index contributed by atoms with van der Waals surface area (Å²) < 4.78 is 0. The van der Waals surface area contributed by atoms with Crippen LogP contribution in [0.2, 0.25) is 0 Å². The first-order valence-corrected chi connectivity index (χ1v) is 10.2. The highest BCUT2D eigenvalue weighted by Gasteiger charge is 2.16. The van der Waals surface area contributed by atoms with Gasteiger partial charge in [0, 0.05) is 12.4 Å². The van der Waals surface area contributed by atoms with Gasteiger partial charge in [-0.1, -0.05) is 48.5 Å². The Labute approximate surface area is 185 Å². The summed E-state index contributed by atoms with van der Waals surface area (Å²) in [6.45, 7) is 0.508. The van der Waals surface area contributed by atoms with Crippen molar-refractivity contribution in [3.8, 4) is 28.6 Å². The molecule has 0 amide bonds. The van der Waals surface area contributed by atoms with Crippen molar-refractivity contribution in [1.29, 1.82) is 5.26 Å². The number of hydrogen-bond acceptors (Lipinski definition) is 6. The van der Waals surface area contributed by atoms with Crippen LogP contribution in [0.5, 0.6) is 0 Å². The normalized spacial score (nSPS) is 10.6. The Morgan fingerprint density at radius 3 is 2.38 bits per heavy atom. The van der Waals surface area contributed by atoms with Crippen LogP contribution in [0.15, 0.2) is 91.3 Å². The number of hydrogen-bond donors (Lipinski definition) is 1. The van der Waals surface area contributed by atoms with Gasteiger partial charge in [0.1, 0.15) is 11.9 Å². The summed E-state index contributed by atoms with van der Waals surface area (Å²) >= 11 is 0. The van der Waals surface area contributed by atoms with Gasteiger partial charge in [-0.25, -0.2) is 15.0 Å². The van der Waals surface area contributed by atoms with Gasteiger partial charge in [0.2, 0.25) is 0 Å². The summed E-state index contributed by atoms with van der Waals surface area (Å²) in [4.78, 5) is 18.2. The number of pyridine rings is 2. The molecule has 6 nitrogen and oxygen atoms in total. The molecular formula is C26H18N6. The second-order valence-electron chi connectivity index (χ2n) is 7.15. The van der Waals surface area contributed by atoms with E-state index in [0.717, 1.165) is 27.7 Å². The Bertz CT molecular complexity index is 1430. The molecule has 0 aliphatic rings. The molecule has 0 saturated carbocycles. The van der Waals surface area contributed by atoms with Crippen molar-refractivity contribution in [3.63, 3.8) is 0 Å². The first-order chi connectivity index (χ1) is 15.8. The molecule has 3 heterocycles. The van der Waals surface area contributed by atoms with Crippen molar-refractivity contribution >= 4 is 16.7 Å². The molecule has 0 bridgehead atoms. The van der Waals surface area contributed by atoms with E-state index >= 15 is 0 Å². The van der Waals surface area contributed by atoms with Crippen LogP contribution in [0.3, 0.4) is 0 Å². The van der Waals surface area contributed by atoms with Crippen LogP contribution >= 0.6 is 0 Å². The summed E-state index contributed by atoms with van der Waals surface area (Å²) in [7, 11) is 0. The van der Waals surface area contributed by atoms with E-state index < -0.39 is 0 Å². The van der Waals surface area contributed by atoms with E-state index in [0.29, 0.717) is 29.4 Å². The third-order valence-electron chi connectivity index (χ3n) is 5.13. The summed E-state index contributed by atoms with van der Waals surface area (Å²) in [5.74, 6) is 1.14. The summed E-state index contributed by atoms with van der Waals surface area (Å²) in [6, 6.07) is 27.7. The van der Waals surface area contributed by atoms with Crippen molar-refractivity contribution in [3.05, 3.63) is 103 Å². The van der Waals surface area contributed by atoms with Gasteiger partial charge in [0.05, 0.1) is 28.7 Å². The zero-order valence-corrected chi connectivity index (χ0v) is 17.1. The summed E-state index contributed by atoms with van der Waals surface area (Å²) in [5, 5.41) is 13.9. The minimum atomic E-state index is 0.293. The fourth-order valence-electron chi connectivity index (χ4n) is 3.64. The van der Waals surface area contributed by atoms with Gasteiger partial charge in [0.25, 0.3) is 0 Å². The van der Waals surface area contributed by atoms with Gasteiger partial charge in [-0.05, 0) is 41.5 Å². The molecule has 0 atom stereocenters. The van der Waals surface area contributed by atoms with Crippen LogP contribution in [0, 0.1) is 11.3 Å². The lowest BCUT2D eigenvalue weighted by atomic mass is 10.0. The van der Waals surface area contributed by atoms with Gasteiger partial charge in [-0.3, -0.25) is 4.98 Å². The smallest absolute Gasteiger partial charge is 0.165 e. The van der Waals surface area contributed by atoms with Crippen LogP contribution < -0.4 is 5.32 Å². The topological polar surface area (TPSA) is 87.4 Å². The molecule has 152 valence electrons. The molecule has 0 saturated heterocycles. The monoisotopic (exact) mass is 414 g/mol. The molecule has 5 rings (SSSR count). The van der Waals surface area contributed by atoms with Crippen LogP contribution in [0.1, 0.15) is 11.4 Å². The van der Waals surface area contributed by atoms with Crippen LogP contribution in [-0.2, 0) is 6.54 Å². The molecule has 3 aromatic heterocycles. The SMILES string of the molecule is N#Cc1ncccc1-c1nc(NCc2ccccn2)c2c(-c3ccccc3)cccc2n1. The van der Waals surface area contributed by atoms with Crippen LogP contribution in [-0.4, -0.2) is 19.9 Å². The van der Waals surface area contributed by atoms with Gasteiger partial charge >= 0.3 is 0 Å². The molecule has 32 heavy (non-hydrogen) atoms. The maximum atomic E-state index is 9.52. The van der Waals surface area contributed by atoms with Crippen molar-refractivity contribution in [2.24, 2.45) is 0 Å². The fraction of sp³-hybridized carbons (Fsp3) is 0.0385. The predicted molar refractivity (Wildman–Crippen MR) is 124 cm³/mol. The zero-order valence-electron chi connectivity index (χ0n) is 17.1. The highest BCUT2D eigenvalue weighted by Crippen LogP contribution is 2.34. The lowest BCUT2D eigenvalue weighted by molar-refractivity contribution is 1.03. The number of aromatic nitrogens is 4. The molecule has 0 aliphatic heterocycles. The molecule has 0 radical (unpaired) electrons.